The summed E-state index contributed by atoms with van der Waals surface area (Å²) in [5, 5.41) is 15.8. The third kappa shape index (κ3) is 6.38. The Morgan fingerprint density at radius 3 is 2.54 bits per heavy atom. The number of carboxylic acid groups (broad SMARTS) is 1. The van der Waals surface area contributed by atoms with Gasteiger partial charge in [0.25, 0.3) is 5.56 Å². The molecule has 0 radical (unpaired) electrons. The maximum atomic E-state index is 13.4. The highest BCUT2D eigenvalue weighted by Crippen LogP contribution is 2.29. The van der Waals surface area contributed by atoms with Crippen molar-refractivity contribution in [3.8, 4) is 0 Å². The van der Waals surface area contributed by atoms with Gasteiger partial charge in [-0.1, -0.05) is 44.7 Å². The summed E-state index contributed by atoms with van der Waals surface area (Å²) < 4.78 is 1.41. The number of hydrogen-bond acceptors (Lipinski definition) is 4. The maximum absolute atomic E-state index is 13.4. The molecular weight excluding hydrogens is 442 g/mol. The van der Waals surface area contributed by atoms with Gasteiger partial charge in [-0.25, -0.2) is 0 Å². The van der Waals surface area contributed by atoms with Gasteiger partial charge in [-0.05, 0) is 61.1 Å². The van der Waals surface area contributed by atoms with Gasteiger partial charge in [0, 0.05) is 29.2 Å². The topological polar surface area (TPSA) is 100 Å². The van der Waals surface area contributed by atoms with Crippen LogP contribution in [-0.4, -0.2) is 21.6 Å². The Hall–Kier alpha value is -3.87. The van der Waals surface area contributed by atoms with Crippen LogP contribution in [0.2, 0.25) is 0 Å². The van der Waals surface area contributed by atoms with E-state index in [1.54, 1.807) is 18.3 Å². The number of rotatable bonds is 9. The predicted octanol–water partition coefficient (Wildman–Crippen LogP) is 4.56. The zero-order chi connectivity index (χ0) is 25.7. The number of aromatic nitrogens is 1. The Labute approximate surface area is 205 Å². The van der Waals surface area contributed by atoms with Gasteiger partial charge in [0.2, 0.25) is 5.91 Å². The summed E-state index contributed by atoms with van der Waals surface area (Å²) >= 11 is 0. The van der Waals surface area contributed by atoms with Crippen LogP contribution in [0, 0.1) is 5.92 Å². The summed E-state index contributed by atoms with van der Waals surface area (Å²) in [5.74, 6) is -1.26. The average molecular weight is 476 g/mol. The number of nitrogens with zero attached hydrogens (tertiary/aromatic N) is 1. The van der Waals surface area contributed by atoms with E-state index in [4.69, 9.17) is 0 Å². The second kappa shape index (κ2) is 11.0. The molecule has 1 aromatic heterocycles. The number of allylic oxidation sites excluding steroid dienone is 4. The number of amides is 1. The van der Waals surface area contributed by atoms with E-state index in [0.29, 0.717) is 12.0 Å². The predicted molar refractivity (Wildman–Crippen MR) is 137 cm³/mol. The van der Waals surface area contributed by atoms with Gasteiger partial charge in [0.05, 0.1) is 12.5 Å². The van der Waals surface area contributed by atoms with Gasteiger partial charge in [0.1, 0.15) is 6.04 Å². The van der Waals surface area contributed by atoms with Crippen LogP contribution < -0.4 is 16.2 Å². The fourth-order valence-corrected chi connectivity index (χ4v) is 4.21. The number of dihydropyridines is 1. The van der Waals surface area contributed by atoms with Crippen LogP contribution in [0.1, 0.15) is 63.7 Å². The fraction of sp³-hybridized carbons (Fsp3) is 0.321. The molecule has 7 nitrogen and oxygen atoms in total. The van der Waals surface area contributed by atoms with Gasteiger partial charge < -0.3 is 20.3 Å². The first kappa shape index (κ1) is 25.7. The highest BCUT2D eigenvalue weighted by molar-refractivity contribution is 5.82. The van der Waals surface area contributed by atoms with Crippen LogP contribution in [0.3, 0.4) is 0 Å². The van der Waals surface area contributed by atoms with Crippen molar-refractivity contribution in [1.82, 2.24) is 15.2 Å². The SMILES string of the molecule is C=C1NC(C)=C(c2cccc([C@H](CC(=O)O)NC(=O)[C@@H](CC(C)C)n3ccccc3=O)c2)C=C1C. The molecule has 3 N–H and O–H groups in total. The number of nitrogens with one attached hydrogen (secondary N) is 2. The van der Waals surface area contributed by atoms with E-state index in [0.717, 1.165) is 28.1 Å². The lowest BCUT2D eigenvalue weighted by Gasteiger charge is -2.25. The minimum absolute atomic E-state index is 0.151. The molecule has 0 saturated heterocycles. The monoisotopic (exact) mass is 475 g/mol. The van der Waals surface area contributed by atoms with Gasteiger partial charge in [-0.15, -0.1) is 0 Å². The molecule has 184 valence electrons. The van der Waals surface area contributed by atoms with Crippen molar-refractivity contribution in [3.63, 3.8) is 0 Å². The zero-order valence-corrected chi connectivity index (χ0v) is 20.7. The molecule has 0 unspecified atom stereocenters. The van der Waals surface area contributed by atoms with Crippen LogP contribution >= 0.6 is 0 Å². The van der Waals surface area contributed by atoms with Gasteiger partial charge in [0.15, 0.2) is 0 Å². The van der Waals surface area contributed by atoms with Crippen LogP contribution in [0.5, 0.6) is 0 Å². The van der Waals surface area contributed by atoms with Gasteiger partial charge >= 0.3 is 5.97 Å². The molecule has 0 aliphatic carbocycles. The number of benzene rings is 1. The normalized spacial score (nSPS) is 15.3. The van der Waals surface area contributed by atoms with Crippen molar-refractivity contribution in [2.24, 2.45) is 5.92 Å². The van der Waals surface area contributed by atoms with E-state index in [9.17, 15) is 19.5 Å². The second-order valence-electron chi connectivity index (χ2n) is 9.35. The minimum atomic E-state index is -1.03. The number of carbonyl (C=O) groups is 2. The smallest absolute Gasteiger partial charge is 0.305 e. The lowest BCUT2D eigenvalue weighted by Crippen LogP contribution is -2.39. The largest absolute Gasteiger partial charge is 0.481 e. The van der Waals surface area contributed by atoms with Crippen LogP contribution in [0.4, 0.5) is 0 Å². The summed E-state index contributed by atoms with van der Waals surface area (Å²) in [4.78, 5) is 37.6. The molecule has 3 rings (SSSR count). The first-order chi connectivity index (χ1) is 16.6. The van der Waals surface area contributed by atoms with Crippen molar-refractivity contribution in [1.29, 1.82) is 0 Å². The molecule has 0 spiro atoms. The number of aliphatic carboxylic acids is 1. The Bertz CT molecular complexity index is 1250. The summed E-state index contributed by atoms with van der Waals surface area (Å²) in [7, 11) is 0. The Morgan fingerprint density at radius 1 is 1.14 bits per heavy atom. The number of carboxylic acids is 1. The molecule has 0 saturated carbocycles. The third-order valence-corrected chi connectivity index (χ3v) is 6.06. The molecule has 0 fully saturated rings. The highest BCUT2D eigenvalue weighted by Gasteiger charge is 2.27. The van der Waals surface area contributed by atoms with E-state index >= 15 is 0 Å². The third-order valence-electron chi connectivity index (χ3n) is 6.06. The first-order valence-electron chi connectivity index (χ1n) is 11.7. The number of hydrogen-bond donors (Lipinski definition) is 3. The fourth-order valence-electron chi connectivity index (χ4n) is 4.21. The van der Waals surface area contributed by atoms with Crippen molar-refractivity contribution in [2.45, 2.75) is 52.6 Å². The number of carbonyl (C=O) groups excluding carboxylic acids is 1. The second-order valence-corrected chi connectivity index (χ2v) is 9.35. The molecule has 35 heavy (non-hydrogen) atoms. The van der Waals surface area contributed by atoms with Crippen LogP contribution in [0.25, 0.3) is 5.57 Å². The quantitative estimate of drug-likeness (QED) is 0.494. The van der Waals surface area contributed by atoms with Crippen molar-refractivity contribution in [2.75, 3.05) is 0 Å². The Morgan fingerprint density at radius 2 is 1.89 bits per heavy atom. The average Bonchev–Trinajstić information content (AvgIpc) is 2.79. The molecular formula is C28H33N3O4. The molecule has 1 aliphatic heterocycles. The molecule has 1 aliphatic rings. The summed E-state index contributed by atoms with van der Waals surface area (Å²) in [6.07, 6.45) is 3.80. The lowest BCUT2D eigenvalue weighted by atomic mass is 9.93. The molecule has 1 aromatic carbocycles. The maximum Gasteiger partial charge on any atom is 0.305 e. The standard InChI is InChI=1S/C28H33N3O4/c1-17(2)13-25(31-12-7-6-11-26(31)32)28(35)30-24(16-27(33)34)22-10-8-9-21(15-22)23-14-18(3)19(4)29-20(23)5/h6-12,14-15,17,24-25,29H,4,13,16H2,1-3,5H3,(H,30,35)(H,33,34)/t24-,25+/m0/s1. The van der Waals surface area contributed by atoms with Crippen molar-refractivity contribution >= 4 is 17.4 Å². The van der Waals surface area contributed by atoms with Gasteiger partial charge in [-0.3, -0.25) is 14.4 Å². The van der Waals surface area contributed by atoms with Gasteiger partial charge in [-0.2, -0.15) is 0 Å². The van der Waals surface area contributed by atoms with E-state index in [-0.39, 0.29) is 23.8 Å². The van der Waals surface area contributed by atoms with E-state index in [1.165, 1.54) is 10.6 Å². The summed E-state index contributed by atoms with van der Waals surface area (Å²) in [6, 6.07) is 10.8. The van der Waals surface area contributed by atoms with Crippen LogP contribution in [-0.2, 0) is 9.59 Å². The molecule has 0 bridgehead atoms. The molecule has 2 heterocycles. The van der Waals surface area contributed by atoms with E-state index < -0.39 is 18.1 Å². The van der Waals surface area contributed by atoms with Crippen molar-refractivity contribution < 1.29 is 14.7 Å². The highest BCUT2D eigenvalue weighted by atomic mass is 16.4. The van der Waals surface area contributed by atoms with E-state index in [1.807, 2.05) is 58.0 Å². The number of pyridine rings is 1. The molecule has 1 amide bonds. The Kier molecular flexibility index (Phi) is 8.12. The molecule has 2 atom stereocenters. The summed E-state index contributed by atoms with van der Waals surface area (Å²) in [5.41, 5.74) is 5.07. The molecule has 7 heteroatoms. The van der Waals surface area contributed by atoms with E-state index in [2.05, 4.69) is 17.2 Å². The lowest BCUT2D eigenvalue weighted by molar-refractivity contribution is -0.138. The summed E-state index contributed by atoms with van der Waals surface area (Å²) in [6.45, 7) is 11.9. The minimum Gasteiger partial charge on any atom is -0.481 e. The zero-order valence-electron chi connectivity index (χ0n) is 20.7. The first-order valence-corrected chi connectivity index (χ1v) is 11.7. The van der Waals surface area contributed by atoms with Crippen LogP contribution in [0.15, 0.2) is 83.1 Å². The molecule has 2 aromatic rings. The van der Waals surface area contributed by atoms with Crippen molar-refractivity contribution in [3.05, 3.63) is 99.8 Å². The Balaban J connectivity index is 1.96.